The highest BCUT2D eigenvalue weighted by molar-refractivity contribution is 6.10. The van der Waals surface area contributed by atoms with Crippen molar-refractivity contribution in [2.24, 2.45) is 26.4 Å². The number of halogens is 3. The third-order valence-electron chi connectivity index (χ3n) is 6.18. The van der Waals surface area contributed by atoms with Gasteiger partial charge in [0.1, 0.15) is 6.33 Å². The molecule has 4 rings (SSSR count). The van der Waals surface area contributed by atoms with Gasteiger partial charge in [0.05, 0.1) is 49.0 Å². The fourth-order valence-electron chi connectivity index (χ4n) is 4.29. The van der Waals surface area contributed by atoms with E-state index in [-0.39, 0.29) is 18.3 Å². The van der Waals surface area contributed by atoms with Crippen molar-refractivity contribution < 1.29 is 17.9 Å². The van der Waals surface area contributed by atoms with E-state index in [0.717, 1.165) is 30.0 Å². The van der Waals surface area contributed by atoms with Gasteiger partial charge in [0.2, 0.25) is 5.88 Å². The number of aryl methyl sites for hydroxylation is 1. The number of rotatable bonds is 6. The van der Waals surface area contributed by atoms with E-state index in [1.54, 1.807) is 31.2 Å². The van der Waals surface area contributed by atoms with Crippen LogP contribution in [0.3, 0.4) is 0 Å². The lowest BCUT2D eigenvalue weighted by atomic mass is 9.92. The first-order valence-electron chi connectivity index (χ1n) is 12.2. The van der Waals surface area contributed by atoms with Gasteiger partial charge in [0, 0.05) is 17.2 Å². The average molecular weight is 552 g/mol. The second-order valence-electron chi connectivity index (χ2n) is 8.89. The molecule has 0 aliphatic heterocycles. The Balaban J connectivity index is 1.74. The minimum atomic E-state index is -4.52. The van der Waals surface area contributed by atoms with E-state index in [9.17, 15) is 13.2 Å². The van der Waals surface area contributed by atoms with Gasteiger partial charge < -0.3 is 16.2 Å². The Labute approximate surface area is 228 Å². The van der Waals surface area contributed by atoms with Crippen molar-refractivity contribution in [3.8, 4) is 11.6 Å². The average Bonchev–Trinajstić information content (AvgIpc) is 3.34. The van der Waals surface area contributed by atoms with E-state index >= 15 is 0 Å². The molecule has 0 amide bonds. The molecule has 1 unspecified atom stereocenters. The van der Waals surface area contributed by atoms with Crippen LogP contribution in [-0.4, -0.2) is 45.4 Å². The third-order valence-corrected chi connectivity index (χ3v) is 6.18. The Morgan fingerprint density at radius 3 is 2.55 bits per heavy atom. The molecule has 1 aromatic carbocycles. The monoisotopic (exact) mass is 551 g/mol. The van der Waals surface area contributed by atoms with Crippen LogP contribution in [0.1, 0.15) is 47.5 Å². The molecule has 13 heteroatoms. The van der Waals surface area contributed by atoms with Crippen molar-refractivity contribution >= 4 is 24.2 Å². The fourth-order valence-corrected chi connectivity index (χ4v) is 4.29. The number of nitrogens with two attached hydrogens (primary N) is 2. The van der Waals surface area contributed by atoms with Crippen LogP contribution in [0.5, 0.6) is 5.88 Å². The summed E-state index contributed by atoms with van der Waals surface area (Å²) in [4.78, 5) is 22.1. The number of aliphatic imine (C=N–C) groups is 3. The number of hydrogen-bond donors (Lipinski definition) is 2. The first-order chi connectivity index (χ1) is 19.2. The molecule has 0 fully saturated rings. The number of ether oxygens (including phenoxy) is 1. The van der Waals surface area contributed by atoms with Crippen LogP contribution in [0.4, 0.5) is 13.2 Å². The van der Waals surface area contributed by atoms with Crippen LogP contribution in [-0.2, 0) is 12.7 Å². The van der Waals surface area contributed by atoms with Gasteiger partial charge in [-0.2, -0.15) is 18.3 Å². The first-order valence-corrected chi connectivity index (χ1v) is 12.2. The first kappa shape index (κ1) is 28.2. The summed E-state index contributed by atoms with van der Waals surface area (Å²) in [6.07, 6.45) is 3.71. The van der Waals surface area contributed by atoms with Crippen LogP contribution in [0, 0.1) is 6.92 Å². The van der Waals surface area contributed by atoms with Gasteiger partial charge >= 0.3 is 6.18 Å². The second-order valence-corrected chi connectivity index (χ2v) is 8.89. The lowest BCUT2D eigenvalue weighted by Crippen LogP contribution is -2.12. The van der Waals surface area contributed by atoms with E-state index in [0.29, 0.717) is 40.5 Å². The zero-order chi connectivity index (χ0) is 28.9. The van der Waals surface area contributed by atoms with Crippen molar-refractivity contribution in [2.75, 3.05) is 7.11 Å². The number of benzene rings is 1. The molecule has 0 bridgehead atoms. The van der Waals surface area contributed by atoms with Gasteiger partial charge in [0.25, 0.3) is 0 Å². The van der Waals surface area contributed by atoms with Crippen molar-refractivity contribution in [3.63, 3.8) is 0 Å². The van der Waals surface area contributed by atoms with E-state index in [2.05, 4.69) is 30.0 Å². The molecule has 208 valence electrons. The van der Waals surface area contributed by atoms with E-state index < -0.39 is 11.9 Å². The van der Waals surface area contributed by atoms with Crippen LogP contribution in [0.2, 0.25) is 0 Å². The van der Waals surface area contributed by atoms with Gasteiger partial charge in [-0.25, -0.2) is 24.6 Å². The minimum Gasteiger partial charge on any atom is -0.480 e. The number of fused-ring (bicyclic) bond motifs is 1. The van der Waals surface area contributed by atoms with Crippen LogP contribution in [0.15, 0.2) is 69.4 Å². The Hall–Kier alpha value is -4.81. The summed E-state index contributed by atoms with van der Waals surface area (Å²) in [5.41, 5.74) is 14.4. The van der Waals surface area contributed by atoms with Gasteiger partial charge in [-0.15, -0.1) is 0 Å². The summed E-state index contributed by atoms with van der Waals surface area (Å²) in [5.74, 6) is 0.669. The van der Waals surface area contributed by atoms with Crippen LogP contribution in [0.25, 0.3) is 11.4 Å². The van der Waals surface area contributed by atoms with E-state index in [1.165, 1.54) is 18.1 Å². The second kappa shape index (κ2) is 11.9. The predicted octanol–water partition coefficient (Wildman–Crippen LogP) is 4.35. The highest BCUT2D eigenvalue weighted by Crippen LogP contribution is 2.37. The molecule has 0 radical (unpaired) electrons. The summed E-state index contributed by atoms with van der Waals surface area (Å²) in [5, 5.41) is 3.69. The summed E-state index contributed by atoms with van der Waals surface area (Å²) in [7, 11) is 1.51. The molecule has 2 heterocycles. The number of methoxy groups -OCH3 is 1. The van der Waals surface area contributed by atoms with Crippen molar-refractivity contribution in [1.29, 1.82) is 0 Å². The van der Waals surface area contributed by atoms with Crippen molar-refractivity contribution in [3.05, 3.63) is 82.6 Å². The molecule has 40 heavy (non-hydrogen) atoms. The summed E-state index contributed by atoms with van der Waals surface area (Å²) >= 11 is 0. The zero-order valence-corrected chi connectivity index (χ0v) is 22.1. The standard InChI is InChI=1S/C27H28F3N9O/c1-16-5-4-6-20(24(34-13-31)22-23(16)36-15-37-26(22)40-3)25(35-14-32)33-12-18-7-9-19(10-8-18)39-17(2)11-21(38-39)27(28,29)30/h4,6-11,13-16H,5,12H2,1-3H3,(H2,31,34)(H2,32,33,35)/b6-4?,24-20-. The molecule has 1 aliphatic rings. The number of alkyl halides is 3. The maximum absolute atomic E-state index is 13.1. The van der Waals surface area contributed by atoms with Crippen LogP contribution < -0.4 is 16.2 Å². The summed E-state index contributed by atoms with van der Waals surface area (Å²) < 4.78 is 46.0. The molecule has 0 saturated carbocycles. The fraction of sp³-hybridized carbons (Fsp3) is 0.259. The van der Waals surface area contributed by atoms with E-state index in [4.69, 9.17) is 16.2 Å². The zero-order valence-electron chi connectivity index (χ0n) is 22.1. The van der Waals surface area contributed by atoms with Gasteiger partial charge in [-0.05, 0) is 37.1 Å². The normalized spacial score (nSPS) is 18.2. The molecule has 10 nitrogen and oxygen atoms in total. The summed E-state index contributed by atoms with van der Waals surface area (Å²) in [6, 6.07) is 7.87. The minimum absolute atomic E-state index is 0.0511. The molecule has 3 aromatic rings. The van der Waals surface area contributed by atoms with E-state index in [1.807, 2.05) is 19.1 Å². The number of amidine groups is 1. The SMILES string of the molecule is COc1ncnc2c1/C(N=CN)=C(/C(N=CN)=NCc1ccc(-n3nc(C(F)(F)F)cc3C)cc1)C=CCC2C. The highest BCUT2D eigenvalue weighted by atomic mass is 19.4. The molecular weight excluding hydrogens is 523 g/mol. The maximum atomic E-state index is 13.1. The number of allylic oxidation sites excluding steroid dienone is 1. The largest absolute Gasteiger partial charge is 0.480 e. The highest BCUT2D eigenvalue weighted by Gasteiger charge is 2.34. The topological polar surface area (TPSA) is 142 Å². The summed E-state index contributed by atoms with van der Waals surface area (Å²) in [6.45, 7) is 3.80. The lowest BCUT2D eigenvalue weighted by Gasteiger charge is -2.20. The van der Waals surface area contributed by atoms with Gasteiger partial charge in [-0.1, -0.05) is 31.2 Å². The van der Waals surface area contributed by atoms with Crippen molar-refractivity contribution in [1.82, 2.24) is 19.7 Å². The predicted molar refractivity (Wildman–Crippen MR) is 147 cm³/mol. The van der Waals surface area contributed by atoms with Gasteiger partial charge in [-0.3, -0.25) is 4.99 Å². The van der Waals surface area contributed by atoms with Crippen molar-refractivity contribution in [2.45, 2.75) is 38.9 Å². The maximum Gasteiger partial charge on any atom is 0.435 e. The Morgan fingerprint density at radius 1 is 1.18 bits per heavy atom. The Morgan fingerprint density at radius 2 is 1.93 bits per heavy atom. The molecule has 4 N–H and O–H groups in total. The molecule has 1 atom stereocenters. The number of aromatic nitrogens is 4. The quantitative estimate of drug-likeness (QED) is 0.345. The Kier molecular flexibility index (Phi) is 8.41. The molecule has 0 spiro atoms. The Bertz CT molecular complexity index is 1520. The molecular formula is C27H28F3N9O. The van der Waals surface area contributed by atoms with Crippen LogP contribution >= 0.6 is 0 Å². The number of nitrogens with zero attached hydrogens (tertiary/aromatic N) is 7. The third kappa shape index (κ3) is 5.92. The molecule has 1 aliphatic carbocycles. The van der Waals surface area contributed by atoms with Gasteiger partial charge in [0.15, 0.2) is 11.5 Å². The number of hydrogen-bond acceptors (Lipinski definition) is 6. The molecule has 2 aromatic heterocycles. The molecule has 0 saturated heterocycles. The lowest BCUT2D eigenvalue weighted by molar-refractivity contribution is -0.141. The smallest absolute Gasteiger partial charge is 0.435 e.